The summed E-state index contributed by atoms with van der Waals surface area (Å²) in [6.07, 6.45) is 18.6. The lowest BCUT2D eigenvalue weighted by molar-refractivity contribution is -0.0207. The SMILES string of the molecule is C=C1C(=C/C=C2\CCC[C@]3(C)[C@@H]([C@H](C)/C=C/[C@@H](O)C4CC4)CC[C@@H]23)C[C@@H](OC(C)C)C[C@@H]1O. The molecule has 0 radical (unpaired) electrons. The van der Waals surface area contributed by atoms with Crippen molar-refractivity contribution in [3.63, 3.8) is 0 Å². The number of aliphatic hydroxyl groups is 2. The molecule has 0 heterocycles. The first kappa shape index (κ1) is 24.9. The van der Waals surface area contributed by atoms with E-state index >= 15 is 0 Å². The van der Waals surface area contributed by atoms with Crippen LogP contribution in [0.4, 0.5) is 0 Å². The molecule has 4 aliphatic rings. The van der Waals surface area contributed by atoms with Crippen LogP contribution in [0.25, 0.3) is 0 Å². The molecule has 33 heavy (non-hydrogen) atoms. The second-order valence-electron chi connectivity index (χ2n) is 11.9. The van der Waals surface area contributed by atoms with Gasteiger partial charge < -0.3 is 14.9 Å². The van der Waals surface area contributed by atoms with Gasteiger partial charge in [-0.05, 0) is 105 Å². The Labute approximate surface area is 201 Å². The van der Waals surface area contributed by atoms with Gasteiger partial charge in [0.05, 0.1) is 24.4 Å². The Morgan fingerprint density at radius 2 is 1.85 bits per heavy atom. The summed E-state index contributed by atoms with van der Waals surface area (Å²) in [4.78, 5) is 0. The molecule has 7 atom stereocenters. The van der Waals surface area contributed by atoms with Gasteiger partial charge in [-0.1, -0.05) is 50.3 Å². The standard InChI is InChI=1S/C30H46O3/c1-19(2)33-25-17-24(21(4)29(32)18-25)12-9-22-7-6-16-30(5)26(13-14-27(22)30)20(3)8-15-28(31)23-10-11-23/h8-9,12,15,19-20,23,25-29,31-32H,4,6-7,10-11,13-14,16-18H2,1-3,5H3/b15-8+,22-9+,24-12?/t20-,25-,26-,27+,28-,29+,30-/m1/s1. The van der Waals surface area contributed by atoms with Crippen molar-refractivity contribution in [3.05, 3.63) is 47.6 Å². The quantitative estimate of drug-likeness (QED) is 0.430. The minimum atomic E-state index is -0.502. The zero-order valence-electron chi connectivity index (χ0n) is 21.3. The van der Waals surface area contributed by atoms with Crippen molar-refractivity contribution in [1.29, 1.82) is 0 Å². The highest BCUT2D eigenvalue weighted by Gasteiger charge is 2.50. The van der Waals surface area contributed by atoms with Gasteiger partial charge in [-0.25, -0.2) is 0 Å². The Morgan fingerprint density at radius 3 is 2.55 bits per heavy atom. The molecule has 2 N–H and O–H groups in total. The smallest absolute Gasteiger partial charge is 0.0811 e. The van der Waals surface area contributed by atoms with Crippen molar-refractivity contribution in [2.24, 2.45) is 29.1 Å². The van der Waals surface area contributed by atoms with E-state index < -0.39 is 6.10 Å². The summed E-state index contributed by atoms with van der Waals surface area (Å²) in [5.41, 5.74) is 3.94. The Balaban J connectivity index is 1.47. The van der Waals surface area contributed by atoms with Gasteiger partial charge in [0.15, 0.2) is 0 Å². The fraction of sp³-hybridized carbons (Fsp3) is 0.733. The van der Waals surface area contributed by atoms with E-state index in [1.165, 1.54) is 44.9 Å². The van der Waals surface area contributed by atoms with Gasteiger partial charge in [0.2, 0.25) is 0 Å². The van der Waals surface area contributed by atoms with E-state index in [9.17, 15) is 10.2 Å². The molecule has 184 valence electrons. The highest BCUT2D eigenvalue weighted by atomic mass is 16.5. The predicted octanol–water partition coefficient (Wildman–Crippen LogP) is 6.52. The first-order valence-corrected chi connectivity index (χ1v) is 13.5. The van der Waals surface area contributed by atoms with E-state index in [2.05, 4.69) is 58.6 Å². The lowest BCUT2D eigenvalue weighted by Crippen LogP contribution is -2.35. The molecular weight excluding hydrogens is 408 g/mol. The molecule has 0 saturated heterocycles. The molecule has 0 amide bonds. The number of hydrogen-bond acceptors (Lipinski definition) is 3. The van der Waals surface area contributed by atoms with Crippen molar-refractivity contribution in [3.8, 4) is 0 Å². The Kier molecular flexibility index (Phi) is 7.73. The molecule has 4 saturated carbocycles. The molecule has 3 heteroatoms. The van der Waals surface area contributed by atoms with Crippen molar-refractivity contribution >= 4 is 0 Å². The van der Waals surface area contributed by atoms with Crippen LogP contribution in [0.1, 0.15) is 85.5 Å². The predicted molar refractivity (Wildman–Crippen MR) is 136 cm³/mol. The summed E-state index contributed by atoms with van der Waals surface area (Å²) in [7, 11) is 0. The third-order valence-electron chi connectivity index (χ3n) is 9.10. The fourth-order valence-electron chi connectivity index (χ4n) is 7.10. The number of rotatable bonds is 7. The average Bonchev–Trinajstić information content (AvgIpc) is 3.54. The summed E-state index contributed by atoms with van der Waals surface area (Å²) in [6.45, 7) is 13.2. The van der Waals surface area contributed by atoms with Crippen molar-refractivity contribution < 1.29 is 14.9 Å². The molecule has 0 spiro atoms. The average molecular weight is 455 g/mol. The number of allylic oxidation sites excluding steroid dienone is 4. The van der Waals surface area contributed by atoms with E-state index in [1.807, 2.05) is 0 Å². The molecule has 0 aliphatic heterocycles. The van der Waals surface area contributed by atoms with Crippen LogP contribution in [0.2, 0.25) is 0 Å². The van der Waals surface area contributed by atoms with Crippen LogP contribution in [0.15, 0.2) is 47.6 Å². The van der Waals surface area contributed by atoms with E-state index in [1.54, 1.807) is 5.57 Å². The maximum Gasteiger partial charge on any atom is 0.0811 e. The summed E-state index contributed by atoms with van der Waals surface area (Å²) >= 11 is 0. The van der Waals surface area contributed by atoms with Crippen LogP contribution in [0.5, 0.6) is 0 Å². The Hall–Kier alpha value is -1.16. The van der Waals surface area contributed by atoms with E-state index in [4.69, 9.17) is 4.74 Å². The van der Waals surface area contributed by atoms with Crippen LogP contribution in [-0.2, 0) is 4.74 Å². The second kappa shape index (κ2) is 10.2. The van der Waals surface area contributed by atoms with Gasteiger partial charge >= 0.3 is 0 Å². The van der Waals surface area contributed by atoms with Gasteiger partial charge in [0.25, 0.3) is 0 Å². The van der Waals surface area contributed by atoms with Crippen molar-refractivity contribution in [2.75, 3.05) is 0 Å². The van der Waals surface area contributed by atoms with Crippen LogP contribution < -0.4 is 0 Å². The highest BCUT2D eigenvalue weighted by Crippen LogP contribution is 2.59. The van der Waals surface area contributed by atoms with Gasteiger partial charge in [0.1, 0.15) is 0 Å². The maximum absolute atomic E-state index is 10.5. The van der Waals surface area contributed by atoms with E-state index in [0.717, 1.165) is 17.6 Å². The molecule has 0 aromatic heterocycles. The monoisotopic (exact) mass is 454 g/mol. The fourth-order valence-corrected chi connectivity index (χ4v) is 7.10. The molecule has 0 bridgehead atoms. The normalized spacial score (nSPS) is 39.5. The van der Waals surface area contributed by atoms with Gasteiger partial charge in [0, 0.05) is 6.42 Å². The summed E-state index contributed by atoms with van der Waals surface area (Å²) < 4.78 is 6.03. The van der Waals surface area contributed by atoms with Crippen molar-refractivity contribution in [1.82, 2.24) is 0 Å². The summed E-state index contributed by atoms with van der Waals surface area (Å²) in [5.74, 6) is 2.34. The molecular formula is C30H46O3. The minimum absolute atomic E-state index is 0.0706. The largest absolute Gasteiger partial charge is 0.389 e. The molecule has 4 aliphatic carbocycles. The van der Waals surface area contributed by atoms with Gasteiger partial charge in [-0.3, -0.25) is 0 Å². The lowest BCUT2D eigenvalue weighted by Gasteiger charge is -2.44. The number of aliphatic hydroxyl groups excluding tert-OH is 2. The summed E-state index contributed by atoms with van der Waals surface area (Å²) in [6, 6.07) is 0. The van der Waals surface area contributed by atoms with Crippen LogP contribution >= 0.6 is 0 Å². The zero-order valence-corrected chi connectivity index (χ0v) is 21.3. The van der Waals surface area contributed by atoms with E-state index in [-0.39, 0.29) is 18.3 Å². The topological polar surface area (TPSA) is 49.7 Å². The number of fused-ring (bicyclic) bond motifs is 1. The third-order valence-corrected chi connectivity index (χ3v) is 9.10. The second-order valence-corrected chi connectivity index (χ2v) is 11.9. The Morgan fingerprint density at radius 1 is 1.09 bits per heavy atom. The number of ether oxygens (including phenoxy) is 1. The molecule has 4 fully saturated rings. The molecule has 0 aromatic carbocycles. The third kappa shape index (κ3) is 5.57. The zero-order chi connectivity index (χ0) is 23.8. The first-order chi connectivity index (χ1) is 15.7. The van der Waals surface area contributed by atoms with E-state index in [0.29, 0.717) is 35.5 Å². The van der Waals surface area contributed by atoms with Crippen LogP contribution in [-0.4, -0.2) is 34.6 Å². The van der Waals surface area contributed by atoms with Gasteiger partial charge in [-0.15, -0.1) is 0 Å². The van der Waals surface area contributed by atoms with Crippen LogP contribution in [0, 0.1) is 29.1 Å². The first-order valence-electron chi connectivity index (χ1n) is 13.5. The van der Waals surface area contributed by atoms with Crippen LogP contribution in [0.3, 0.4) is 0 Å². The Bertz CT molecular complexity index is 801. The lowest BCUT2D eigenvalue weighted by atomic mass is 9.61. The minimum Gasteiger partial charge on any atom is -0.389 e. The summed E-state index contributed by atoms with van der Waals surface area (Å²) in [5, 5.41) is 20.8. The number of hydrogen-bond donors (Lipinski definition) is 2. The molecule has 0 unspecified atom stereocenters. The molecule has 0 aromatic rings. The molecule has 3 nitrogen and oxygen atoms in total. The van der Waals surface area contributed by atoms with Gasteiger partial charge in [-0.2, -0.15) is 0 Å². The maximum atomic E-state index is 10.5. The highest BCUT2D eigenvalue weighted by molar-refractivity contribution is 5.39. The molecule has 4 rings (SSSR count). The van der Waals surface area contributed by atoms with Crippen molar-refractivity contribution in [2.45, 2.75) is 110 Å².